The van der Waals surface area contributed by atoms with E-state index in [0.717, 1.165) is 45.1 Å². The summed E-state index contributed by atoms with van der Waals surface area (Å²) in [7, 11) is 0. The van der Waals surface area contributed by atoms with Crippen molar-refractivity contribution in [1.82, 2.24) is 19.6 Å². The van der Waals surface area contributed by atoms with E-state index in [-0.39, 0.29) is 18.1 Å². The highest BCUT2D eigenvalue weighted by Crippen LogP contribution is 2.27. The van der Waals surface area contributed by atoms with Gasteiger partial charge in [0, 0.05) is 26.2 Å². The molecule has 126 valence electrons. The summed E-state index contributed by atoms with van der Waals surface area (Å²) < 4.78 is 1.34. The van der Waals surface area contributed by atoms with Gasteiger partial charge in [-0.3, -0.25) is 19.6 Å². The van der Waals surface area contributed by atoms with Gasteiger partial charge in [0.1, 0.15) is 18.9 Å². The Morgan fingerprint density at radius 2 is 2.09 bits per heavy atom. The van der Waals surface area contributed by atoms with Gasteiger partial charge >= 0.3 is 5.69 Å². The molecule has 2 aliphatic rings. The lowest BCUT2D eigenvalue weighted by Crippen LogP contribution is -2.38. The standard InChI is InChI=1S/C15H23N5O3/c21-15(12-19-11-14(9-16-19)20(22)23)18-6-2-5-17(7-8-18)10-13-3-1-4-13/h9,11,13H,1-8,10,12H2. The Morgan fingerprint density at radius 1 is 1.26 bits per heavy atom. The van der Waals surface area contributed by atoms with Crippen LogP contribution in [0.25, 0.3) is 0 Å². The van der Waals surface area contributed by atoms with Crippen molar-refractivity contribution in [2.75, 3.05) is 32.7 Å². The van der Waals surface area contributed by atoms with Gasteiger partial charge in [-0.15, -0.1) is 0 Å². The molecular weight excluding hydrogens is 298 g/mol. The SMILES string of the molecule is O=C(Cn1cc([N+](=O)[O-])cn1)N1CCCN(CC2CCC2)CC1. The maximum absolute atomic E-state index is 12.4. The maximum Gasteiger partial charge on any atom is 0.307 e. The Kier molecular flexibility index (Phi) is 4.90. The molecule has 1 saturated carbocycles. The fourth-order valence-electron chi connectivity index (χ4n) is 3.22. The number of aromatic nitrogens is 2. The number of nitrogens with zero attached hydrogens (tertiary/aromatic N) is 5. The van der Waals surface area contributed by atoms with Gasteiger partial charge in [0.25, 0.3) is 0 Å². The van der Waals surface area contributed by atoms with E-state index >= 15 is 0 Å². The molecule has 0 N–H and O–H groups in total. The van der Waals surface area contributed by atoms with Gasteiger partial charge in [-0.05, 0) is 31.7 Å². The molecule has 8 nitrogen and oxygen atoms in total. The van der Waals surface area contributed by atoms with Crippen LogP contribution >= 0.6 is 0 Å². The molecule has 1 aliphatic carbocycles. The largest absolute Gasteiger partial charge is 0.340 e. The molecule has 1 saturated heterocycles. The molecule has 0 bridgehead atoms. The first-order valence-electron chi connectivity index (χ1n) is 8.29. The molecule has 0 radical (unpaired) electrons. The van der Waals surface area contributed by atoms with Crippen molar-refractivity contribution in [2.24, 2.45) is 5.92 Å². The van der Waals surface area contributed by atoms with Crippen LogP contribution in [0.4, 0.5) is 5.69 Å². The molecule has 1 amide bonds. The predicted octanol–water partition coefficient (Wildman–Crippen LogP) is 1.13. The molecule has 8 heteroatoms. The lowest BCUT2D eigenvalue weighted by molar-refractivity contribution is -0.385. The van der Waals surface area contributed by atoms with E-state index < -0.39 is 4.92 Å². The minimum atomic E-state index is -0.502. The van der Waals surface area contributed by atoms with Crippen molar-refractivity contribution in [1.29, 1.82) is 0 Å². The molecule has 2 heterocycles. The summed E-state index contributed by atoms with van der Waals surface area (Å²) in [5.41, 5.74) is -0.0830. The highest BCUT2D eigenvalue weighted by atomic mass is 16.6. The van der Waals surface area contributed by atoms with Gasteiger partial charge in [-0.2, -0.15) is 5.10 Å². The summed E-state index contributed by atoms with van der Waals surface area (Å²) in [6.07, 6.45) is 7.51. The minimum Gasteiger partial charge on any atom is -0.340 e. The number of amides is 1. The van der Waals surface area contributed by atoms with Crippen molar-refractivity contribution < 1.29 is 9.72 Å². The van der Waals surface area contributed by atoms with Crippen LogP contribution in [0.1, 0.15) is 25.7 Å². The van der Waals surface area contributed by atoms with E-state index in [2.05, 4.69) is 10.00 Å². The molecule has 0 unspecified atom stereocenters. The van der Waals surface area contributed by atoms with Gasteiger partial charge in [-0.1, -0.05) is 6.42 Å². The first-order valence-corrected chi connectivity index (χ1v) is 8.29. The zero-order valence-electron chi connectivity index (χ0n) is 13.3. The van der Waals surface area contributed by atoms with E-state index in [1.807, 2.05) is 4.90 Å². The van der Waals surface area contributed by atoms with E-state index in [1.54, 1.807) is 0 Å². The van der Waals surface area contributed by atoms with E-state index in [9.17, 15) is 14.9 Å². The van der Waals surface area contributed by atoms with E-state index in [0.29, 0.717) is 0 Å². The molecule has 3 rings (SSSR count). The van der Waals surface area contributed by atoms with Gasteiger partial charge in [0.2, 0.25) is 5.91 Å². The van der Waals surface area contributed by atoms with E-state index in [4.69, 9.17) is 0 Å². The zero-order valence-corrected chi connectivity index (χ0v) is 13.3. The number of hydrogen-bond acceptors (Lipinski definition) is 5. The Bertz CT molecular complexity index is 569. The fourth-order valence-corrected chi connectivity index (χ4v) is 3.22. The summed E-state index contributed by atoms with van der Waals surface area (Å²) in [5.74, 6) is 0.829. The topological polar surface area (TPSA) is 84.5 Å². The molecule has 0 atom stereocenters. The van der Waals surface area contributed by atoms with Crippen LogP contribution in [0, 0.1) is 16.0 Å². The lowest BCUT2D eigenvalue weighted by atomic mass is 9.85. The van der Waals surface area contributed by atoms with Crippen LogP contribution < -0.4 is 0 Å². The van der Waals surface area contributed by atoms with Crippen molar-refractivity contribution in [3.63, 3.8) is 0 Å². The van der Waals surface area contributed by atoms with Crippen LogP contribution in [0.5, 0.6) is 0 Å². The van der Waals surface area contributed by atoms with Gasteiger partial charge < -0.3 is 9.80 Å². The second-order valence-electron chi connectivity index (χ2n) is 6.49. The Balaban J connectivity index is 1.49. The third kappa shape index (κ3) is 4.07. The average Bonchev–Trinajstić information content (AvgIpc) is 2.81. The van der Waals surface area contributed by atoms with Crippen LogP contribution in [-0.4, -0.2) is 63.1 Å². The molecule has 2 fully saturated rings. The molecule has 1 aromatic heterocycles. The monoisotopic (exact) mass is 321 g/mol. The summed E-state index contributed by atoms with van der Waals surface area (Å²) in [6.45, 7) is 4.68. The number of carbonyl (C=O) groups is 1. The highest BCUT2D eigenvalue weighted by Gasteiger charge is 2.24. The quantitative estimate of drug-likeness (QED) is 0.599. The molecule has 23 heavy (non-hydrogen) atoms. The van der Waals surface area contributed by atoms with Crippen LogP contribution in [-0.2, 0) is 11.3 Å². The highest BCUT2D eigenvalue weighted by molar-refractivity contribution is 5.76. The second-order valence-corrected chi connectivity index (χ2v) is 6.49. The van der Waals surface area contributed by atoms with Crippen LogP contribution in [0.15, 0.2) is 12.4 Å². The van der Waals surface area contributed by atoms with Crippen LogP contribution in [0.2, 0.25) is 0 Å². The Morgan fingerprint density at radius 3 is 2.74 bits per heavy atom. The molecule has 0 aromatic carbocycles. The first kappa shape index (κ1) is 15.9. The summed E-state index contributed by atoms with van der Waals surface area (Å²) in [5, 5.41) is 14.5. The predicted molar refractivity (Wildman–Crippen MR) is 83.9 cm³/mol. The summed E-state index contributed by atoms with van der Waals surface area (Å²) >= 11 is 0. The zero-order chi connectivity index (χ0) is 16.2. The van der Waals surface area contributed by atoms with Crippen molar-refractivity contribution in [3.05, 3.63) is 22.5 Å². The second kappa shape index (κ2) is 7.08. The lowest BCUT2D eigenvalue weighted by Gasteiger charge is -2.31. The molecule has 0 spiro atoms. The van der Waals surface area contributed by atoms with Crippen molar-refractivity contribution >= 4 is 11.6 Å². The van der Waals surface area contributed by atoms with Crippen molar-refractivity contribution in [3.8, 4) is 0 Å². The smallest absolute Gasteiger partial charge is 0.307 e. The van der Waals surface area contributed by atoms with E-state index in [1.165, 1.54) is 36.3 Å². The summed E-state index contributed by atoms with van der Waals surface area (Å²) in [4.78, 5) is 26.8. The first-order chi connectivity index (χ1) is 11.1. The number of carbonyl (C=O) groups excluding carboxylic acids is 1. The number of nitro groups is 1. The summed E-state index contributed by atoms with van der Waals surface area (Å²) in [6, 6.07) is 0. The van der Waals surface area contributed by atoms with Crippen molar-refractivity contribution in [2.45, 2.75) is 32.2 Å². The third-order valence-electron chi connectivity index (χ3n) is 4.81. The normalized spacial score (nSPS) is 20.1. The molecule has 1 aliphatic heterocycles. The molecular formula is C15H23N5O3. The Hall–Kier alpha value is -1.96. The number of hydrogen-bond donors (Lipinski definition) is 0. The molecule has 1 aromatic rings. The third-order valence-corrected chi connectivity index (χ3v) is 4.81. The van der Waals surface area contributed by atoms with Gasteiger partial charge in [0.05, 0.1) is 4.92 Å². The average molecular weight is 321 g/mol. The van der Waals surface area contributed by atoms with Gasteiger partial charge in [-0.25, -0.2) is 0 Å². The number of rotatable bonds is 5. The minimum absolute atomic E-state index is 0.0199. The Labute approximate surface area is 135 Å². The van der Waals surface area contributed by atoms with Gasteiger partial charge in [0.15, 0.2) is 0 Å². The maximum atomic E-state index is 12.4. The van der Waals surface area contributed by atoms with Crippen LogP contribution in [0.3, 0.4) is 0 Å². The fraction of sp³-hybridized carbons (Fsp3) is 0.733.